The molecule has 0 saturated heterocycles. The molecular weight excluding hydrogens is 181 g/mol. The lowest BCUT2D eigenvalue weighted by molar-refractivity contribution is 0.0342. The van der Waals surface area contributed by atoms with Crippen molar-refractivity contribution in [1.82, 2.24) is 9.78 Å². The van der Waals surface area contributed by atoms with E-state index < -0.39 is 11.1 Å². The molecule has 80 valence electrons. The second-order valence-electron chi connectivity index (χ2n) is 4.66. The fourth-order valence-electron chi connectivity index (χ4n) is 1.48. The Bertz CT molecular complexity index is 313. The predicted octanol–water partition coefficient (Wildman–Crippen LogP) is 1.59. The molecule has 2 N–H and O–H groups in total. The van der Waals surface area contributed by atoms with Crippen LogP contribution < -0.4 is 5.73 Å². The van der Waals surface area contributed by atoms with E-state index in [0.717, 1.165) is 0 Å². The topological polar surface area (TPSA) is 43.8 Å². The highest BCUT2D eigenvalue weighted by atomic mass is 19.1. The van der Waals surface area contributed by atoms with Gasteiger partial charge in [-0.05, 0) is 0 Å². The normalized spacial score (nSPS) is 16.7. The largest absolute Gasteiger partial charge is 0.327 e. The van der Waals surface area contributed by atoms with Gasteiger partial charge in [0.05, 0.1) is 6.20 Å². The molecule has 0 amide bonds. The standard InChI is InChI=1S/C10H18FN3/c1-9(2,3)10(11,7-12)8-5-13-14(4)6-8/h5-6H,7,12H2,1-4H3. The van der Waals surface area contributed by atoms with Crippen LogP contribution in [-0.4, -0.2) is 16.3 Å². The molecule has 0 bridgehead atoms. The number of alkyl halides is 1. The van der Waals surface area contributed by atoms with E-state index in [1.165, 1.54) is 6.20 Å². The molecule has 0 aliphatic heterocycles. The van der Waals surface area contributed by atoms with Crippen LogP contribution in [0.2, 0.25) is 0 Å². The highest BCUT2D eigenvalue weighted by molar-refractivity contribution is 5.19. The summed E-state index contributed by atoms with van der Waals surface area (Å²) in [6, 6.07) is 0. The first-order valence-electron chi connectivity index (χ1n) is 4.69. The zero-order valence-electron chi connectivity index (χ0n) is 9.21. The van der Waals surface area contributed by atoms with Crippen LogP contribution in [0.25, 0.3) is 0 Å². The van der Waals surface area contributed by atoms with Gasteiger partial charge in [0.25, 0.3) is 0 Å². The number of hydrogen-bond donors (Lipinski definition) is 1. The summed E-state index contributed by atoms with van der Waals surface area (Å²) < 4.78 is 16.2. The second kappa shape index (κ2) is 3.35. The third-order valence-corrected chi connectivity index (χ3v) is 2.63. The molecule has 1 rings (SSSR count). The Kier molecular flexibility index (Phi) is 2.67. The van der Waals surface area contributed by atoms with Gasteiger partial charge in [0.2, 0.25) is 0 Å². The lowest BCUT2D eigenvalue weighted by Gasteiger charge is -2.36. The predicted molar refractivity (Wildman–Crippen MR) is 54.5 cm³/mol. The van der Waals surface area contributed by atoms with Crippen LogP contribution >= 0.6 is 0 Å². The first-order valence-corrected chi connectivity index (χ1v) is 4.69. The lowest BCUT2D eigenvalue weighted by atomic mass is 9.74. The lowest BCUT2D eigenvalue weighted by Crippen LogP contribution is -2.42. The summed E-state index contributed by atoms with van der Waals surface area (Å²) in [4.78, 5) is 0. The van der Waals surface area contributed by atoms with E-state index in [2.05, 4.69) is 5.10 Å². The molecule has 0 aliphatic rings. The smallest absolute Gasteiger partial charge is 0.155 e. The molecule has 14 heavy (non-hydrogen) atoms. The SMILES string of the molecule is Cn1cc(C(F)(CN)C(C)(C)C)cn1. The molecule has 0 aliphatic carbocycles. The molecule has 0 aromatic carbocycles. The molecule has 1 atom stereocenters. The molecule has 0 spiro atoms. The Labute approximate surface area is 84.1 Å². The van der Waals surface area contributed by atoms with E-state index >= 15 is 0 Å². The average molecular weight is 199 g/mol. The van der Waals surface area contributed by atoms with Crippen LogP contribution in [0.15, 0.2) is 12.4 Å². The van der Waals surface area contributed by atoms with Crippen molar-refractivity contribution in [2.45, 2.75) is 26.4 Å². The summed E-state index contributed by atoms with van der Waals surface area (Å²) in [6.07, 6.45) is 3.22. The molecule has 0 fully saturated rings. The molecule has 0 radical (unpaired) electrons. The van der Waals surface area contributed by atoms with Gasteiger partial charge in [-0.25, -0.2) is 4.39 Å². The van der Waals surface area contributed by atoms with Gasteiger partial charge in [-0.15, -0.1) is 0 Å². The van der Waals surface area contributed by atoms with E-state index in [9.17, 15) is 4.39 Å². The fraction of sp³-hybridized carbons (Fsp3) is 0.700. The van der Waals surface area contributed by atoms with Gasteiger partial charge >= 0.3 is 0 Å². The van der Waals surface area contributed by atoms with E-state index in [-0.39, 0.29) is 6.54 Å². The highest BCUT2D eigenvalue weighted by Gasteiger charge is 2.43. The van der Waals surface area contributed by atoms with Crippen molar-refractivity contribution in [2.24, 2.45) is 18.2 Å². The van der Waals surface area contributed by atoms with E-state index in [1.807, 2.05) is 20.8 Å². The average Bonchev–Trinajstić information content (AvgIpc) is 2.48. The molecule has 4 heteroatoms. The van der Waals surface area contributed by atoms with Crippen molar-refractivity contribution >= 4 is 0 Å². The van der Waals surface area contributed by atoms with Crippen molar-refractivity contribution in [3.05, 3.63) is 18.0 Å². The summed E-state index contributed by atoms with van der Waals surface area (Å²) in [5.41, 5.74) is 4.04. The maximum absolute atomic E-state index is 14.6. The minimum Gasteiger partial charge on any atom is -0.327 e. The quantitative estimate of drug-likeness (QED) is 0.786. The Morgan fingerprint density at radius 1 is 1.50 bits per heavy atom. The summed E-state index contributed by atoms with van der Waals surface area (Å²) >= 11 is 0. The number of aromatic nitrogens is 2. The number of hydrogen-bond acceptors (Lipinski definition) is 2. The fourth-order valence-corrected chi connectivity index (χ4v) is 1.48. The van der Waals surface area contributed by atoms with Gasteiger partial charge in [0.1, 0.15) is 0 Å². The van der Waals surface area contributed by atoms with Gasteiger partial charge in [-0.3, -0.25) is 4.68 Å². The Morgan fingerprint density at radius 3 is 2.36 bits per heavy atom. The zero-order chi connectivity index (χ0) is 11.0. The summed E-state index contributed by atoms with van der Waals surface area (Å²) in [5.74, 6) is 0. The van der Waals surface area contributed by atoms with Gasteiger partial charge in [-0.1, -0.05) is 20.8 Å². The first-order chi connectivity index (χ1) is 6.31. The number of nitrogens with zero attached hydrogens (tertiary/aromatic N) is 2. The molecule has 3 nitrogen and oxygen atoms in total. The molecule has 1 unspecified atom stereocenters. The van der Waals surface area contributed by atoms with Crippen molar-refractivity contribution in [1.29, 1.82) is 0 Å². The van der Waals surface area contributed by atoms with Crippen LogP contribution in [-0.2, 0) is 12.7 Å². The van der Waals surface area contributed by atoms with Crippen molar-refractivity contribution in [3.8, 4) is 0 Å². The van der Waals surface area contributed by atoms with Gasteiger partial charge in [0, 0.05) is 30.8 Å². The molecular formula is C10H18FN3. The molecule has 1 aromatic rings. The Morgan fingerprint density at radius 2 is 2.07 bits per heavy atom. The van der Waals surface area contributed by atoms with Crippen molar-refractivity contribution in [2.75, 3.05) is 6.54 Å². The van der Waals surface area contributed by atoms with Crippen LogP contribution in [0.5, 0.6) is 0 Å². The second-order valence-corrected chi connectivity index (χ2v) is 4.66. The maximum Gasteiger partial charge on any atom is 0.155 e. The van der Waals surface area contributed by atoms with E-state index in [4.69, 9.17) is 5.73 Å². The third-order valence-electron chi connectivity index (χ3n) is 2.63. The summed E-state index contributed by atoms with van der Waals surface area (Å²) in [5, 5.41) is 3.97. The highest BCUT2D eigenvalue weighted by Crippen LogP contribution is 2.41. The minimum absolute atomic E-state index is 0.0256. The van der Waals surface area contributed by atoms with Crippen LogP contribution in [0.3, 0.4) is 0 Å². The molecule has 0 saturated carbocycles. The zero-order valence-corrected chi connectivity index (χ0v) is 9.21. The van der Waals surface area contributed by atoms with Crippen LogP contribution in [0.4, 0.5) is 4.39 Å². The Hall–Kier alpha value is -0.900. The van der Waals surface area contributed by atoms with Gasteiger partial charge in [-0.2, -0.15) is 5.10 Å². The number of halogens is 1. The van der Waals surface area contributed by atoms with E-state index in [1.54, 1.807) is 17.9 Å². The third kappa shape index (κ3) is 1.66. The van der Waals surface area contributed by atoms with Crippen LogP contribution in [0.1, 0.15) is 26.3 Å². The maximum atomic E-state index is 14.6. The summed E-state index contributed by atoms with van der Waals surface area (Å²) in [6.45, 7) is 5.49. The molecule has 1 aromatic heterocycles. The van der Waals surface area contributed by atoms with Gasteiger partial charge < -0.3 is 5.73 Å². The van der Waals surface area contributed by atoms with Crippen molar-refractivity contribution < 1.29 is 4.39 Å². The van der Waals surface area contributed by atoms with Crippen molar-refractivity contribution in [3.63, 3.8) is 0 Å². The monoisotopic (exact) mass is 199 g/mol. The Balaban J connectivity index is 3.14. The number of nitrogens with two attached hydrogens (primary N) is 1. The number of aryl methyl sites for hydroxylation is 1. The van der Waals surface area contributed by atoms with Crippen LogP contribution in [0, 0.1) is 5.41 Å². The molecule has 1 heterocycles. The van der Waals surface area contributed by atoms with Gasteiger partial charge in [0.15, 0.2) is 5.67 Å². The first kappa shape index (κ1) is 11.2. The minimum atomic E-state index is -1.51. The summed E-state index contributed by atoms with van der Waals surface area (Å²) in [7, 11) is 1.77. The number of rotatable bonds is 2. The van der Waals surface area contributed by atoms with E-state index in [0.29, 0.717) is 5.56 Å².